The number of alkyl halides is 3. The monoisotopic (exact) mass is 481 g/mol. The number of hydrogen-bond donors (Lipinski definition) is 1. The van der Waals surface area contributed by atoms with Gasteiger partial charge in [0, 0.05) is 5.69 Å². The van der Waals surface area contributed by atoms with Crippen molar-refractivity contribution < 1.29 is 30.8 Å². The first-order valence-corrected chi connectivity index (χ1v) is 11.7. The summed E-state index contributed by atoms with van der Waals surface area (Å²) < 4.78 is 81.0. The van der Waals surface area contributed by atoms with E-state index in [1.54, 1.807) is 0 Å². The molecule has 3 aromatic rings. The van der Waals surface area contributed by atoms with Crippen LogP contribution in [0, 0.1) is 5.82 Å². The number of para-hydroxylation sites is 1. The number of aromatic nitrogens is 2. The fraction of sp³-hybridized carbons (Fsp3) is 0.273. The summed E-state index contributed by atoms with van der Waals surface area (Å²) >= 11 is 0. The molecule has 33 heavy (non-hydrogen) atoms. The van der Waals surface area contributed by atoms with Crippen molar-refractivity contribution in [2.24, 2.45) is 0 Å². The van der Waals surface area contributed by atoms with Crippen molar-refractivity contribution in [1.82, 2.24) is 9.78 Å². The van der Waals surface area contributed by atoms with Gasteiger partial charge in [0.05, 0.1) is 21.9 Å². The number of halogens is 4. The van der Waals surface area contributed by atoms with E-state index in [9.17, 15) is 30.8 Å². The molecule has 1 aromatic heterocycles. The number of rotatable bonds is 5. The maximum absolute atomic E-state index is 14.1. The lowest BCUT2D eigenvalue weighted by Crippen LogP contribution is -2.21. The highest BCUT2D eigenvalue weighted by Gasteiger charge is 2.41. The summed E-state index contributed by atoms with van der Waals surface area (Å²) in [6.45, 7) is 0. The van der Waals surface area contributed by atoms with Crippen molar-refractivity contribution in [2.45, 2.75) is 42.0 Å². The molecule has 0 atom stereocenters. The van der Waals surface area contributed by atoms with Crippen molar-refractivity contribution in [3.63, 3.8) is 0 Å². The van der Waals surface area contributed by atoms with Gasteiger partial charge in [-0.3, -0.25) is 4.79 Å². The van der Waals surface area contributed by atoms with E-state index in [0.717, 1.165) is 25.0 Å². The molecule has 0 radical (unpaired) electrons. The van der Waals surface area contributed by atoms with E-state index >= 15 is 0 Å². The first kappa shape index (κ1) is 23.0. The van der Waals surface area contributed by atoms with E-state index in [2.05, 4.69) is 10.4 Å². The number of hydrogen-bond acceptors (Lipinski definition) is 4. The highest BCUT2D eigenvalue weighted by Crippen LogP contribution is 2.35. The van der Waals surface area contributed by atoms with Crippen molar-refractivity contribution in [2.75, 3.05) is 5.32 Å². The van der Waals surface area contributed by atoms with Gasteiger partial charge in [-0.1, -0.05) is 25.0 Å². The predicted octanol–water partition coefficient (Wildman–Crippen LogP) is 5.00. The number of carbonyl (C=O) groups is 1. The van der Waals surface area contributed by atoms with Gasteiger partial charge in [-0.2, -0.15) is 18.3 Å². The SMILES string of the molecule is O=C(Nc1ccc(S(=O)(=O)C2CCCC2)cc1)c1cnn(-c2ccccc2F)c1C(F)(F)F. The lowest BCUT2D eigenvalue weighted by Gasteiger charge is -2.14. The summed E-state index contributed by atoms with van der Waals surface area (Å²) in [5.41, 5.74) is -2.57. The summed E-state index contributed by atoms with van der Waals surface area (Å²) in [6, 6.07) is 10.0. The minimum Gasteiger partial charge on any atom is -0.322 e. The van der Waals surface area contributed by atoms with Crippen LogP contribution >= 0.6 is 0 Å². The van der Waals surface area contributed by atoms with Crippen molar-refractivity contribution in [1.29, 1.82) is 0 Å². The van der Waals surface area contributed by atoms with Crippen LogP contribution in [-0.2, 0) is 16.0 Å². The van der Waals surface area contributed by atoms with E-state index in [-0.39, 0.29) is 10.6 Å². The molecule has 4 rings (SSSR count). The fourth-order valence-corrected chi connectivity index (χ4v) is 5.77. The molecule has 1 saturated carbocycles. The number of nitrogens with one attached hydrogen (secondary N) is 1. The highest BCUT2D eigenvalue weighted by atomic mass is 32.2. The minimum absolute atomic E-state index is 0.0933. The molecule has 1 amide bonds. The Bertz CT molecular complexity index is 1280. The molecule has 0 bridgehead atoms. The first-order chi connectivity index (χ1) is 15.6. The van der Waals surface area contributed by atoms with Crippen molar-refractivity contribution in [3.8, 4) is 5.69 Å². The molecule has 1 fully saturated rings. The Morgan fingerprint density at radius 1 is 1.03 bits per heavy atom. The Hall–Kier alpha value is -3.21. The predicted molar refractivity (Wildman–Crippen MR) is 112 cm³/mol. The zero-order valence-corrected chi connectivity index (χ0v) is 18.0. The zero-order chi connectivity index (χ0) is 23.8. The highest BCUT2D eigenvalue weighted by molar-refractivity contribution is 7.92. The minimum atomic E-state index is -5.00. The smallest absolute Gasteiger partial charge is 0.322 e. The number of benzene rings is 2. The molecular weight excluding hydrogens is 462 g/mol. The van der Waals surface area contributed by atoms with E-state index in [4.69, 9.17) is 0 Å². The van der Waals surface area contributed by atoms with Crippen molar-refractivity contribution >= 4 is 21.4 Å². The normalized spacial score (nSPS) is 15.0. The molecule has 0 aliphatic heterocycles. The average Bonchev–Trinajstić information content (AvgIpc) is 3.45. The van der Waals surface area contributed by atoms with Crippen LogP contribution in [0.15, 0.2) is 59.6 Å². The topological polar surface area (TPSA) is 81.1 Å². The summed E-state index contributed by atoms with van der Waals surface area (Å²) in [7, 11) is -3.50. The van der Waals surface area contributed by atoms with Crippen LogP contribution in [0.25, 0.3) is 5.69 Å². The number of anilines is 1. The lowest BCUT2D eigenvalue weighted by molar-refractivity contribution is -0.143. The van der Waals surface area contributed by atoms with E-state index in [1.807, 2.05) is 0 Å². The quantitative estimate of drug-likeness (QED) is 0.520. The van der Waals surface area contributed by atoms with Crippen LogP contribution in [0.1, 0.15) is 41.7 Å². The Morgan fingerprint density at radius 2 is 1.67 bits per heavy atom. The standard InChI is InChI=1S/C22H19F4N3O3S/c23-18-7-3-4-8-19(18)29-20(22(24,25)26)17(13-27-29)21(30)28-14-9-11-16(12-10-14)33(31,32)15-5-1-2-6-15/h3-4,7-13,15H,1-2,5-6H2,(H,28,30). The molecule has 1 aliphatic carbocycles. The second-order valence-corrected chi connectivity index (χ2v) is 9.93. The molecule has 0 saturated heterocycles. The summed E-state index contributed by atoms with van der Waals surface area (Å²) in [6.07, 6.45) is -1.41. The number of sulfone groups is 1. The average molecular weight is 481 g/mol. The largest absolute Gasteiger partial charge is 0.434 e. The number of carbonyl (C=O) groups excluding carboxylic acids is 1. The Labute approximate surface area is 187 Å². The fourth-order valence-electron chi connectivity index (χ4n) is 3.91. The summed E-state index contributed by atoms with van der Waals surface area (Å²) in [5.74, 6) is -2.05. The summed E-state index contributed by atoms with van der Waals surface area (Å²) in [5, 5.41) is 5.45. The van der Waals surface area contributed by atoms with Gasteiger partial charge in [-0.15, -0.1) is 0 Å². The van der Waals surface area contributed by atoms with Crippen LogP contribution < -0.4 is 5.32 Å². The number of nitrogens with zero attached hydrogens (tertiary/aromatic N) is 2. The second kappa shape index (κ2) is 8.62. The first-order valence-electron chi connectivity index (χ1n) is 10.1. The number of amides is 1. The molecule has 6 nitrogen and oxygen atoms in total. The van der Waals surface area contributed by atoms with Gasteiger partial charge in [-0.25, -0.2) is 17.5 Å². The van der Waals surface area contributed by atoms with Gasteiger partial charge in [0.15, 0.2) is 15.5 Å². The maximum atomic E-state index is 14.1. The van der Waals surface area contributed by atoms with Crippen LogP contribution in [0.4, 0.5) is 23.2 Å². The maximum Gasteiger partial charge on any atom is 0.434 e. The van der Waals surface area contributed by atoms with Crippen molar-refractivity contribution in [3.05, 3.63) is 71.8 Å². The van der Waals surface area contributed by atoms with Gasteiger partial charge in [0.2, 0.25) is 0 Å². The lowest BCUT2D eigenvalue weighted by atomic mass is 10.2. The molecule has 0 spiro atoms. The molecule has 0 unspecified atom stereocenters. The van der Waals surface area contributed by atoms with Crippen LogP contribution in [0.2, 0.25) is 0 Å². The van der Waals surface area contributed by atoms with Crippen LogP contribution in [-0.4, -0.2) is 29.4 Å². The molecule has 1 N–H and O–H groups in total. The van der Waals surface area contributed by atoms with Crippen LogP contribution in [0.5, 0.6) is 0 Å². The van der Waals surface area contributed by atoms with Gasteiger partial charge >= 0.3 is 6.18 Å². The molecule has 2 aromatic carbocycles. The Kier molecular flexibility index (Phi) is 6.00. The van der Waals surface area contributed by atoms with E-state index in [0.29, 0.717) is 23.7 Å². The van der Waals surface area contributed by atoms with E-state index < -0.39 is 49.9 Å². The Morgan fingerprint density at radius 3 is 2.27 bits per heavy atom. The molecule has 1 aliphatic rings. The summed E-state index contributed by atoms with van der Waals surface area (Å²) in [4.78, 5) is 12.7. The molecule has 174 valence electrons. The zero-order valence-electron chi connectivity index (χ0n) is 17.1. The molecule has 11 heteroatoms. The van der Waals surface area contributed by atoms with Gasteiger partial charge in [0.25, 0.3) is 5.91 Å². The third-order valence-corrected chi connectivity index (χ3v) is 7.82. The second-order valence-electron chi connectivity index (χ2n) is 7.70. The molecule has 1 heterocycles. The molecular formula is C22H19F4N3O3S. The van der Waals surface area contributed by atoms with Gasteiger partial charge < -0.3 is 5.32 Å². The third-order valence-electron chi connectivity index (χ3n) is 5.54. The third kappa shape index (κ3) is 4.50. The van der Waals surface area contributed by atoms with Gasteiger partial charge in [0.1, 0.15) is 11.5 Å². The Balaban J connectivity index is 1.61. The van der Waals surface area contributed by atoms with E-state index in [1.165, 1.54) is 36.4 Å². The van der Waals surface area contributed by atoms with Crippen LogP contribution in [0.3, 0.4) is 0 Å². The van der Waals surface area contributed by atoms with Gasteiger partial charge in [-0.05, 0) is 49.2 Å².